The summed E-state index contributed by atoms with van der Waals surface area (Å²) in [6.07, 6.45) is -17.4. The fourth-order valence-corrected chi connectivity index (χ4v) is 16.1. The molecule has 5 aliphatic heterocycles. The van der Waals surface area contributed by atoms with Crippen molar-refractivity contribution in [2.75, 3.05) is 33.5 Å². The van der Waals surface area contributed by atoms with Gasteiger partial charge in [0.1, 0.15) is 91.1 Å². The van der Waals surface area contributed by atoms with Crippen molar-refractivity contribution in [1.82, 2.24) is 0 Å². The predicted molar refractivity (Wildman–Crippen MR) is 271 cm³/mol. The molecule has 0 bridgehead atoms. The van der Waals surface area contributed by atoms with Gasteiger partial charge in [-0.05, 0) is 88.0 Å². The maximum Gasteiger partial charge on any atom is 0.397 e. The molecule has 25 nitrogen and oxygen atoms in total. The van der Waals surface area contributed by atoms with E-state index in [0.717, 1.165) is 11.1 Å². The fraction of sp³-hybridized carbons (Fsp3) is 0.852. The second kappa shape index (κ2) is 23.0. The van der Waals surface area contributed by atoms with Crippen LogP contribution in [0.3, 0.4) is 0 Å². The predicted octanol–water partition coefficient (Wildman–Crippen LogP) is 0.00740. The second-order valence-corrected chi connectivity index (χ2v) is 25.9. The minimum atomic E-state index is -5.15. The van der Waals surface area contributed by atoms with Gasteiger partial charge in [-0.2, -0.15) is 8.42 Å². The third-order valence-corrected chi connectivity index (χ3v) is 19.9. The molecule has 8 fully saturated rings. The maximum absolute atomic E-state index is 14.6. The molecule has 80 heavy (non-hydrogen) atoms. The van der Waals surface area contributed by atoms with Gasteiger partial charge in [0.05, 0.1) is 43.9 Å². The highest BCUT2D eigenvalue weighted by Crippen LogP contribution is 2.76. The molecule has 0 radical (unpaired) electrons. The highest BCUT2D eigenvalue weighted by Gasteiger charge is 2.79. The number of fused-ring (bicyclic) bond motifs is 4. The molecular formula is C54H82O25S. The topological polar surface area (TPSA) is 361 Å². The Morgan fingerprint density at radius 2 is 1.40 bits per heavy atom. The first-order chi connectivity index (χ1) is 37.5. The van der Waals surface area contributed by atoms with Crippen molar-refractivity contribution in [3.63, 3.8) is 0 Å². The van der Waals surface area contributed by atoms with E-state index in [2.05, 4.69) is 33.8 Å². The van der Waals surface area contributed by atoms with Crippen LogP contribution in [0.25, 0.3) is 0 Å². The van der Waals surface area contributed by atoms with Crippen molar-refractivity contribution in [2.24, 2.45) is 39.4 Å². The van der Waals surface area contributed by atoms with Crippen molar-refractivity contribution < 1.29 is 120 Å². The molecule has 9 N–H and O–H groups in total. The van der Waals surface area contributed by atoms with Gasteiger partial charge in [0.15, 0.2) is 25.2 Å². The van der Waals surface area contributed by atoms with Gasteiger partial charge in [0.2, 0.25) is 0 Å². The Balaban J connectivity index is 0.900. The van der Waals surface area contributed by atoms with Gasteiger partial charge in [-0.25, -0.2) is 4.18 Å². The lowest BCUT2D eigenvalue weighted by Gasteiger charge is -2.63. The fourth-order valence-electron chi connectivity index (χ4n) is 15.6. The number of methoxy groups -OCH3 is 1. The Morgan fingerprint density at radius 3 is 2.06 bits per heavy atom. The monoisotopic (exact) mass is 1160 g/mol. The highest BCUT2D eigenvalue weighted by atomic mass is 32.3. The standard InChI is InChI=1S/C54H82O25S/c1-24(2)11-10-16-53(8)44-29(72-25(3)56)19-52(7)27-12-13-33-50(4,5)34(15-17-51(33,6)26(27)14-18-54(44,52)49(64)78-53)75-48-43(37(60)32(23-71-48)79-80(65,66)67)77-45-38(61)35(58)31(22-70-45)74-46-39(62)41(28(57)21-69-46)76-47-40(63)42(68-9)36(59)30(20-55)73-47/h10-12,16,26,28-48,55,57-63H,13-15,17-23H2,1-9H3,(H,65,66,67)/b16-10-/t26-,28-,29+,30-,31-,32-,33+,34+,35+,36-,37+,38-,39-,40-,41+,42+,43-,44-,45+,46+,47+,48+,51-,52+,53+,54-/m1/s1. The minimum Gasteiger partial charge on any atom is -0.462 e. The molecule has 0 amide bonds. The molecule has 4 aliphatic carbocycles. The van der Waals surface area contributed by atoms with E-state index >= 15 is 0 Å². The second-order valence-electron chi connectivity index (χ2n) is 24.8. The Kier molecular flexibility index (Phi) is 17.8. The van der Waals surface area contributed by atoms with Crippen molar-refractivity contribution in [1.29, 1.82) is 0 Å². The van der Waals surface area contributed by atoms with Crippen LogP contribution in [0.4, 0.5) is 0 Å². The van der Waals surface area contributed by atoms with Gasteiger partial charge in [0, 0.05) is 19.4 Å². The summed E-state index contributed by atoms with van der Waals surface area (Å²) in [7, 11) is -3.95. The van der Waals surface area contributed by atoms with Crippen LogP contribution >= 0.6 is 0 Å². The van der Waals surface area contributed by atoms with E-state index in [1.165, 1.54) is 14.0 Å². The first kappa shape index (κ1) is 61.9. The quantitative estimate of drug-likeness (QED) is 0.0451. The molecule has 454 valence electrons. The van der Waals surface area contributed by atoms with Crippen molar-refractivity contribution in [2.45, 2.75) is 216 Å². The van der Waals surface area contributed by atoms with E-state index in [1.54, 1.807) is 0 Å². The van der Waals surface area contributed by atoms with E-state index < -0.39 is 187 Å². The first-order valence-corrected chi connectivity index (χ1v) is 28.9. The summed E-state index contributed by atoms with van der Waals surface area (Å²) in [6.45, 7) is 13.5. The van der Waals surface area contributed by atoms with Crippen LogP contribution in [0.1, 0.15) is 93.9 Å². The number of carbonyl (C=O) groups is 2. The summed E-state index contributed by atoms with van der Waals surface area (Å²) in [5, 5.41) is 87.8. The molecule has 26 heteroatoms. The summed E-state index contributed by atoms with van der Waals surface area (Å²) in [5.41, 5.74) is -1.40. The molecule has 1 spiro atoms. The molecule has 0 unspecified atom stereocenters. The third kappa shape index (κ3) is 10.8. The Labute approximate surface area is 465 Å². The number of aliphatic hydroxyl groups is 8. The van der Waals surface area contributed by atoms with Crippen LogP contribution in [0.15, 0.2) is 35.5 Å². The average Bonchev–Trinajstić information content (AvgIpc) is 3.78. The number of carbonyl (C=O) groups excluding carboxylic acids is 2. The normalized spacial score (nSPS) is 49.2. The largest absolute Gasteiger partial charge is 0.462 e. The molecule has 9 rings (SSSR count). The number of hydrogen-bond acceptors (Lipinski definition) is 24. The van der Waals surface area contributed by atoms with Gasteiger partial charge in [-0.1, -0.05) is 57.1 Å². The lowest BCUT2D eigenvalue weighted by molar-refractivity contribution is -0.373. The van der Waals surface area contributed by atoms with Crippen LogP contribution in [-0.4, -0.2) is 222 Å². The van der Waals surface area contributed by atoms with Crippen molar-refractivity contribution in [3.8, 4) is 0 Å². The van der Waals surface area contributed by atoms with Crippen molar-refractivity contribution >= 4 is 22.3 Å². The van der Waals surface area contributed by atoms with Gasteiger partial charge < -0.3 is 93.0 Å². The Hall–Kier alpha value is -2.65. The molecule has 9 aliphatic rings. The number of ether oxygens (including phenoxy) is 11. The third-order valence-electron chi connectivity index (χ3n) is 19.4. The van der Waals surface area contributed by atoms with E-state index in [1.807, 2.05) is 39.0 Å². The zero-order valence-electron chi connectivity index (χ0n) is 46.5. The van der Waals surface area contributed by atoms with E-state index in [4.69, 9.17) is 56.3 Å². The zero-order chi connectivity index (χ0) is 58.4. The first-order valence-electron chi connectivity index (χ1n) is 27.6. The zero-order valence-corrected chi connectivity index (χ0v) is 47.4. The maximum atomic E-state index is 14.6. The van der Waals surface area contributed by atoms with Crippen LogP contribution in [0, 0.1) is 39.4 Å². The SMILES string of the molecule is CO[C@@H]1[C@@H](O)[C@H](O[C@@H]2[C@@H](O)[C@H](O[C@@H]3CO[C@@H](O[C@H]4[C@H](O[C@H]5CC[C@]6(C)[C@@H]7CC[C@]89C(=O)O[C@@](C)(/C=C\C=C(C)C)[C@H]8[C@@H](OC(C)=O)C[C@@]9(C)C7=CC[C@H]6C5(C)C)OC[C@@H](OS(=O)(=O)O)[C@@H]4O)[C@H](O)[C@H]3O)OC[C@H]2O)O[C@H](CO)[C@H]1O. The lowest BCUT2D eigenvalue weighted by atomic mass is 9.41. The number of rotatable bonds is 15. The van der Waals surface area contributed by atoms with E-state index in [-0.39, 0.29) is 23.2 Å². The van der Waals surface area contributed by atoms with Crippen LogP contribution < -0.4 is 0 Å². The average molecular weight is 1160 g/mol. The summed E-state index contributed by atoms with van der Waals surface area (Å²) < 4.78 is 103. The molecular weight excluding hydrogens is 1080 g/mol. The van der Waals surface area contributed by atoms with Gasteiger partial charge in [-0.15, -0.1) is 0 Å². The number of cyclic esters (lactones) is 1. The Bertz CT molecular complexity index is 2470. The van der Waals surface area contributed by atoms with Crippen LogP contribution in [-0.2, 0) is 76.3 Å². The smallest absolute Gasteiger partial charge is 0.397 e. The number of hydrogen-bond donors (Lipinski definition) is 9. The molecule has 0 aromatic heterocycles. The summed E-state index contributed by atoms with van der Waals surface area (Å²) >= 11 is 0. The number of aliphatic hydroxyl groups excluding tert-OH is 8. The molecule has 26 atom stereocenters. The van der Waals surface area contributed by atoms with Gasteiger partial charge >= 0.3 is 22.3 Å². The van der Waals surface area contributed by atoms with Crippen LogP contribution in [0.2, 0.25) is 0 Å². The van der Waals surface area contributed by atoms with Gasteiger partial charge in [0.25, 0.3) is 0 Å². The molecule has 5 saturated heterocycles. The van der Waals surface area contributed by atoms with Crippen molar-refractivity contribution in [3.05, 3.63) is 35.5 Å². The van der Waals surface area contributed by atoms with Crippen LogP contribution in [0.5, 0.6) is 0 Å². The minimum absolute atomic E-state index is 0.0203. The van der Waals surface area contributed by atoms with E-state index in [0.29, 0.717) is 38.5 Å². The molecule has 3 saturated carbocycles. The lowest BCUT2D eigenvalue weighted by Crippen LogP contribution is -2.64. The molecule has 0 aromatic carbocycles. The molecule has 5 heterocycles. The summed E-state index contributed by atoms with van der Waals surface area (Å²) in [6, 6.07) is 0. The number of esters is 2. The highest BCUT2D eigenvalue weighted by molar-refractivity contribution is 7.80. The number of allylic oxidation sites excluding steroid dienone is 5. The van der Waals surface area contributed by atoms with Gasteiger partial charge in [-0.3, -0.25) is 14.1 Å². The summed E-state index contributed by atoms with van der Waals surface area (Å²) in [4.78, 5) is 27.3. The van der Waals surface area contributed by atoms with E-state index in [9.17, 15) is 63.4 Å². The summed E-state index contributed by atoms with van der Waals surface area (Å²) in [5.74, 6) is -1.14. The molecule has 0 aromatic rings. The Morgan fingerprint density at radius 1 is 0.750 bits per heavy atom.